The van der Waals surface area contributed by atoms with Gasteiger partial charge < -0.3 is 19.4 Å². The summed E-state index contributed by atoms with van der Waals surface area (Å²) in [6.45, 7) is 12.0. The van der Waals surface area contributed by atoms with Crippen LogP contribution < -0.4 is 5.32 Å². The summed E-state index contributed by atoms with van der Waals surface area (Å²) in [5, 5.41) is 4.15. The molecule has 0 spiro atoms. The zero-order chi connectivity index (χ0) is 25.9. The fourth-order valence-corrected chi connectivity index (χ4v) is 4.69. The molecule has 0 aliphatic rings. The SMILES string of the molecule is COC(=O)c1nccc2c(-c3cnc(Nc4ccc(C)cn4)cc3C)cn(COCC[Si](C)(C)C)c12. The van der Waals surface area contributed by atoms with Gasteiger partial charge in [-0.3, -0.25) is 0 Å². The van der Waals surface area contributed by atoms with Crippen molar-refractivity contribution in [2.45, 2.75) is 46.3 Å². The number of carbonyl (C=O) groups is 1. The number of hydrogen-bond donors (Lipinski definition) is 1. The van der Waals surface area contributed by atoms with Crippen molar-refractivity contribution in [3.63, 3.8) is 0 Å². The average molecular weight is 504 g/mol. The largest absolute Gasteiger partial charge is 0.464 e. The lowest BCUT2D eigenvalue weighted by molar-refractivity contribution is 0.0594. The zero-order valence-electron chi connectivity index (χ0n) is 21.8. The molecule has 4 aromatic heterocycles. The molecule has 0 saturated carbocycles. The standard InChI is InChI=1S/C27H33N5O3Si/c1-18-7-8-23(29-14-18)31-24-13-19(2)21(15-30-24)22-16-32(17-35-11-12-36(4,5)6)26-20(22)9-10-28-25(26)27(33)34-3/h7-10,13-16H,11-12,17H2,1-6H3,(H,29,30,31). The van der Waals surface area contributed by atoms with E-state index in [1.165, 1.54) is 7.11 Å². The van der Waals surface area contributed by atoms with Crippen molar-refractivity contribution in [1.29, 1.82) is 0 Å². The number of ether oxygens (including phenoxy) is 2. The van der Waals surface area contributed by atoms with Gasteiger partial charge >= 0.3 is 5.97 Å². The monoisotopic (exact) mass is 503 g/mol. The maximum Gasteiger partial charge on any atom is 0.358 e. The lowest BCUT2D eigenvalue weighted by atomic mass is 10.0. The topological polar surface area (TPSA) is 91.2 Å². The summed E-state index contributed by atoms with van der Waals surface area (Å²) in [7, 11) is 0.151. The summed E-state index contributed by atoms with van der Waals surface area (Å²) in [5.74, 6) is 0.970. The van der Waals surface area contributed by atoms with Gasteiger partial charge in [0.15, 0.2) is 5.69 Å². The van der Waals surface area contributed by atoms with Crippen molar-refractivity contribution < 1.29 is 14.3 Å². The van der Waals surface area contributed by atoms with Crippen LogP contribution in [-0.4, -0.2) is 47.3 Å². The average Bonchev–Trinajstić information content (AvgIpc) is 3.21. The van der Waals surface area contributed by atoms with Crippen LogP contribution in [0.2, 0.25) is 25.7 Å². The summed E-state index contributed by atoms with van der Waals surface area (Å²) in [6, 6.07) is 8.90. The second-order valence-corrected chi connectivity index (χ2v) is 15.8. The minimum atomic E-state index is -1.21. The Morgan fingerprint density at radius 3 is 2.47 bits per heavy atom. The maximum atomic E-state index is 12.5. The number of aryl methyl sites for hydroxylation is 2. The van der Waals surface area contributed by atoms with Crippen LogP contribution in [0, 0.1) is 13.8 Å². The molecule has 0 fully saturated rings. The van der Waals surface area contributed by atoms with Gasteiger partial charge in [0.2, 0.25) is 0 Å². The summed E-state index contributed by atoms with van der Waals surface area (Å²) < 4.78 is 13.0. The molecule has 0 aromatic carbocycles. The van der Waals surface area contributed by atoms with Crippen LogP contribution in [0.25, 0.3) is 22.0 Å². The number of fused-ring (bicyclic) bond motifs is 1. The van der Waals surface area contributed by atoms with E-state index < -0.39 is 14.0 Å². The molecule has 36 heavy (non-hydrogen) atoms. The van der Waals surface area contributed by atoms with Crippen LogP contribution in [0.1, 0.15) is 21.6 Å². The molecule has 0 amide bonds. The van der Waals surface area contributed by atoms with Gasteiger partial charge in [-0.25, -0.2) is 19.7 Å². The molecule has 0 atom stereocenters. The van der Waals surface area contributed by atoms with E-state index in [1.807, 2.05) is 61.3 Å². The van der Waals surface area contributed by atoms with Crippen molar-refractivity contribution in [2.24, 2.45) is 0 Å². The highest BCUT2D eigenvalue weighted by Crippen LogP contribution is 2.34. The smallest absolute Gasteiger partial charge is 0.358 e. The molecule has 0 aliphatic heterocycles. The Labute approximate surface area is 212 Å². The van der Waals surface area contributed by atoms with Gasteiger partial charge in [0.05, 0.1) is 12.6 Å². The number of rotatable bonds is 9. The molecule has 9 heteroatoms. The number of esters is 1. The fourth-order valence-electron chi connectivity index (χ4n) is 3.94. The highest BCUT2D eigenvalue weighted by Gasteiger charge is 2.21. The molecule has 0 bridgehead atoms. The summed E-state index contributed by atoms with van der Waals surface area (Å²) in [6.07, 6.45) is 7.30. The minimum absolute atomic E-state index is 0.268. The van der Waals surface area contributed by atoms with E-state index >= 15 is 0 Å². The number of aromatic nitrogens is 4. The Kier molecular flexibility index (Phi) is 7.51. The second-order valence-electron chi connectivity index (χ2n) is 10.1. The van der Waals surface area contributed by atoms with Crippen LogP contribution in [-0.2, 0) is 16.2 Å². The van der Waals surface area contributed by atoms with E-state index in [9.17, 15) is 4.79 Å². The van der Waals surface area contributed by atoms with Crippen molar-refractivity contribution in [3.05, 3.63) is 65.9 Å². The normalized spacial score (nSPS) is 11.6. The lowest BCUT2D eigenvalue weighted by Crippen LogP contribution is -2.22. The van der Waals surface area contributed by atoms with Gasteiger partial charge in [0, 0.05) is 56.0 Å². The van der Waals surface area contributed by atoms with Gasteiger partial charge in [0.1, 0.15) is 18.4 Å². The van der Waals surface area contributed by atoms with E-state index in [1.54, 1.807) is 6.20 Å². The Hall–Kier alpha value is -3.56. The van der Waals surface area contributed by atoms with Crippen LogP contribution in [0.5, 0.6) is 0 Å². The Morgan fingerprint density at radius 2 is 1.81 bits per heavy atom. The van der Waals surface area contributed by atoms with Crippen molar-refractivity contribution in [2.75, 3.05) is 19.0 Å². The molecular formula is C27H33N5O3Si. The summed E-state index contributed by atoms with van der Waals surface area (Å²) in [4.78, 5) is 25.9. The Balaban J connectivity index is 1.70. The predicted octanol–water partition coefficient (Wildman–Crippen LogP) is 5.95. The van der Waals surface area contributed by atoms with E-state index in [2.05, 4.69) is 39.9 Å². The van der Waals surface area contributed by atoms with Gasteiger partial charge in [-0.2, -0.15) is 0 Å². The van der Waals surface area contributed by atoms with Crippen LogP contribution >= 0.6 is 0 Å². The van der Waals surface area contributed by atoms with Crippen LogP contribution in [0.15, 0.2) is 49.1 Å². The fraction of sp³-hybridized carbons (Fsp3) is 0.333. The number of pyridine rings is 3. The molecular weight excluding hydrogens is 470 g/mol. The first-order chi connectivity index (χ1) is 17.2. The van der Waals surface area contributed by atoms with Gasteiger partial charge in [0.25, 0.3) is 0 Å². The van der Waals surface area contributed by atoms with E-state index in [-0.39, 0.29) is 5.69 Å². The molecule has 8 nitrogen and oxygen atoms in total. The zero-order valence-corrected chi connectivity index (χ0v) is 22.8. The highest BCUT2D eigenvalue weighted by atomic mass is 28.3. The van der Waals surface area contributed by atoms with Crippen LogP contribution in [0.3, 0.4) is 0 Å². The number of methoxy groups -OCH3 is 1. The number of carbonyl (C=O) groups excluding carboxylic acids is 1. The number of anilines is 2. The lowest BCUT2D eigenvalue weighted by Gasteiger charge is -2.16. The quantitative estimate of drug-likeness (QED) is 0.171. The number of nitrogens with zero attached hydrogens (tertiary/aromatic N) is 4. The first-order valence-electron chi connectivity index (χ1n) is 12.0. The summed E-state index contributed by atoms with van der Waals surface area (Å²) >= 11 is 0. The third-order valence-electron chi connectivity index (χ3n) is 5.96. The highest BCUT2D eigenvalue weighted by molar-refractivity contribution is 6.76. The second kappa shape index (κ2) is 10.6. The molecule has 4 heterocycles. The Bertz CT molecular complexity index is 1380. The van der Waals surface area contributed by atoms with E-state index in [4.69, 9.17) is 9.47 Å². The minimum Gasteiger partial charge on any atom is -0.464 e. The molecule has 188 valence electrons. The van der Waals surface area contributed by atoms with E-state index in [0.29, 0.717) is 24.7 Å². The van der Waals surface area contributed by atoms with Crippen molar-refractivity contribution in [1.82, 2.24) is 19.5 Å². The first kappa shape index (κ1) is 25.5. The molecule has 4 rings (SSSR count). The van der Waals surface area contributed by atoms with Gasteiger partial charge in [-0.05, 0) is 49.2 Å². The molecule has 0 radical (unpaired) electrons. The third kappa shape index (κ3) is 5.80. The molecule has 0 saturated heterocycles. The molecule has 4 aromatic rings. The number of hydrogen-bond acceptors (Lipinski definition) is 7. The Morgan fingerprint density at radius 1 is 1.03 bits per heavy atom. The molecule has 0 aliphatic carbocycles. The van der Waals surface area contributed by atoms with Gasteiger partial charge in [-0.15, -0.1) is 0 Å². The van der Waals surface area contributed by atoms with Gasteiger partial charge in [-0.1, -0.05) is 25.7 Å². The molecule has 1 N–H and O–H groups in total. The number of nitrogens with one attached hydrogen (secondary N) is 1. The van der Waals surface area contributed by atoms with Crippen LogP contribution in [0.4, 0.5) is 11.6 Å². The predicted molar refractivity (Wildman–Crippen MR) is 145 cm³/mol. The maximum absolute atomic E-state index is 12.5. The third-order valence-corrected chi connectivity index (χ3v) is 7.66. The summed E-state index contributed by atoms with van der Waals surface area (Å²) in [5.41, 5.74) is 5.01. The first-order valence-corrected chi connectivity index (χ1v) is 15.7. The van der Waals surface area contributed by atoms with Crippen molar-refractivity contribution in [3.8, 4) is 11.1 Å². The molecule has 0 unspecified atom stereocenters. The van der Waals surface area contributed by atoms with E-state index in [0.717, 1.165) is 39.5 Å². The van der Waals surface area contributed by atoms with Crippen molar-refractivity contribution >= 4 is 36.6 Å².